The first kappa shape index (κ1) is 15.8. The van der Waals surface area contributed by atoms with Crippen LogP contribution in [0, 0.1) is 13.8 Å². The maximum Gasteiger partial charge on any atom is 0.292 e. The third kappa shape index (κ3) is 2.80. The fourth-order valence-electron chi connectivity index (χ4n) is 3.36. The van der Waals surface area contributed by atoms with Crippen molar-refractivity contribution in [1.29, 1.82) is 0 Å². The number of fused-ring (bicyclic) bond motifs is 1. The van der Waals surface area contributed by atoms with E-state index in [1.807, 2.05) is 6.92 Å². The summed E-state index contributed by atoms with van der Waals surface area (Å²) in [6.45, 7) is 5.67. The van der Waals surface area contributed by atoms with Gasteiger partial charge in [0.15, 0.2) is 5.76 Å². The SMILES string of the molecule is Cc1c(C)n(CC2CCCO2)c2ncnc(NC(=O)c3ccco3)c12. The van der Waals surface area contributed by atoms with Gasteiger partial charge in [-0.05, 0) is 44.4 Å². The molecule has 0 aliphatic carbocycles. The number of nitrogens with zero attached hydrogens (tertiary/aromatic N) is 3. The third-order valence-corrected chi connectivity index (χ3v) is 4.79. The number of aromatic nitrogens is 3. The summed E-state index contributed by atoms with van der Waals surface area (Å²) in [4.78, 5) is 21.0. The van der Waals surface area contributed by atoms with Crippen molar-refractivity contribution in [3.63, 3.8) is 0 Å². The molecule has 0 bridgehead atoms. The monoisotopic (exact) mass is 340 g/mol. The molecule has 3 aromatic rings. The van der Waals surface area contributed by atoms with Crippen LogP contribution in [-0.2, 0) is 11.3 Å². The van der Waals surface area contributed by atoms with Crippen LogP contribution in [0.15, 0.2) is 29.1 Å². The Bertz CT molecular complexity index is 908. The van der Waals surface area contributed by atoms with E-state index in [0.29, 0.717) is 5.82 Å². The maximum absolute atomic E-state index is 12.3. The molecular weight excluding hydrogens is 320 g/mol. The van der Waals surface area contributed by atoms with E-state index >= 15 is 0 Å². The van der Waals surface area contributed by atoms with Crippen LogP contribution in [0.1, 0.15) is 34.7 Å². The van der Waals surface area contributed by atoms with Gasteiger partial charge in [-0.25, -0.2) is 9.97 Å². The predicted octanol–water partition coefficient (Wildman–Crippen LogP) is 3.07. The van der Waals surface area contributed by atoms with Gasteiger partial charge in [-0.1, -0.05) is 0 Å². The molecule has 25 heavy (non-hydrogen) atoms. The molecule has 1 N–H and O–H groups in total. The largest absolute Gasteiger partial charge is 0.459 e. The van der Waals surface area contributed by atoms with Crippen LogP contribution in [0.2, 0.25) is 0 Å². The van der Waals surface area contributed by atoms with Crippen molar-refractivity contribution in [2.75, 3.05) is 11.9 Å². The molecule has 4 heterocycles. The van der Waals surface area contributed by atoms with Gasteiger partial charge in [0, 0.05) is 12.3 Å². The van der Waals surface area contributed by atoms with Crippen molar-refractivity contribution in [2.24, 2.45) is 0 Å². The molecule has 0 spiro atoms. The standard InChI is InChI=1S/C18H20N4O3/c1-11-12(2)22(9-13-5-3-7-24-13)17-15(11)16(19-10-20-17)21-18(23)14-6-4-8-25-14/h4,6,8,10,13H,3,5,7,9H2,1-2H3,(H,19,20,21,23). The summed E-state index contributed by atoms with van der Waals surface area (Å²) in [6.07, 6.45) is 5.32. The van der Waals surface area contributed by atoms with Crippen molar-refractivity contribution in [1.82, 2.24) is 14.5 Å². The smallest absolute Gasteiger partial charge is 0.292 e. The first-order valence-corrected chi connectivity index (χ1v) is 8.42. The van der Waals surface area contributed by atoms with E-state index in [-0.39, 0.29) is 17.8 Å². The highest BCUT2D eigenvalue weighted by atomic mass is 16.5. The van der Waals surface area contributed by atoms with Crippen molar-refractivity contribution < 1.29 is 13.9 Å². The van der Waals surface area contributed by atoms with Gasteiger partial charge in [-0.15, -0.1) is 0 Å². The quantitative estimate of drug-likeness (QED) is 0.789. The predicted molar refractivity (Wildman–Crippen MR) is 92.6 cm³/mol. The van der Waals surface area contributed by atoms with Crippen LogP contribution in [-0.4, -0.2) is 33.2 Å². The number of rotatable bonds is 4. The number of carbonyl (C=O) groups excluding carboxylic acids is 1. The zero-order valence-electron chi connectivity index (χ0n) is 14.3. The number of furan rings is 1. The minimum absolute atomic E-state index is 0.213. The van der Waals surface area contributed by atoms with E-state index in [2.05, 4.69) is 26.8 Å². The lowest BCUT2D eigenvalue weighted by Crippen LogP contribution is -2.16. The van der Waals surface area contributed by atoms with Gasteiger partial charge in [0.2, 0.25) is 0 Å². The van der Waals surface area contributed by atoms with Crippen LogP contribution in [0.3, 0.4) is 0 Å². The van der Waals surface area contributed by atoms with E-state index in [9.17, 15) is 4.79 Å². The molecule has 4 rings (SSSR count). The Morgan fingerprint density at radius 2 is 2.28 bits per heavy atom. The Kier molecular flexibility index (Phi) is 4.01. The summed E-state index contributed by atoms with van der Waals surface area (Å²) in [6, 6.07) is 3.30. The van der Waals surface area contributed by atoms with Crippen LogP contribution in [0.25, 0.3) is 11.0 Å². The molecule has 130 valence electrons. The van der Waals surface area contributed by atoms with Gasteiger partial charge < -0.3 is 19.0 Å². The molecule has 1 saturated heterocycles. The minimum atomic E-state index is -0.325. The molecule has 0 saturated carbocycles. The minimum Gasteiger partial charge on any atom is -0.459 e. The summed E-state index contributed by atoms with van der Waals surface area (Å²) in [7, 11) is 0. The molecule has 1 amide bonds. The molecule has 1 unspecified atom stereocenters. The maximum atomic E-state index is 12.3. The first-order valence-electron chi connectivity index (χ1n) is 8.42. The molecule has 1 aliphatic rings. The van der Waals surface area contributed by atoms with Gasteiger partial charge in [-0.3, -0.25) is 4.79 Å². The molecule has 1 fully saturated rings. The lowest BCUT2D eigenvalue weighted by atomic mass is 10.2. The summed E-state index contributed by atoms with van der Waals surface area (Å²) in [5.74, 6) is 0.423. The number of amides is 1. The van der Waals surface area contributed by atoms with E-state index < -0.39 is 0 Å². The first-order chi connectivity index (χ1) is 12.1. The number of hydrogen-bond donors (Lipinski definition) is 1. The molecule has 3 aromatic heterocycles. The molecular formula is C18H20N4O3. The van der Waals surface area contributed by atoms with Crippen LogP contribution < -0.4 is 5.32 Å². The topological polar surface area (TPSA) is 82.2 Å². The van der Waals surface area contributed by atoms with Crippen LogP contribution in [0.4, 0.5) is 5.82 Å². The number of carbonyl (C=O) groups is 1. The fraction of sp³-hybridized carbons (Fsp3) is 0.389. The summed E-state index contributed by atoms with van der Waals surface area (Å²) in [5.41, 5.74) is 2.98. The van der Waals surface area contributed by atoms with Crippen LogP contribution in [0.5, 0.6) is 0 Å². The zero-order chi connectivity index (χ0) is 17.4. The average molecular weight is 340 g/mol. The summed E-state index contributed by atoms with van der Waals surface area (Å²) in [5, 5.41) is 3.69. The summed E-state index contributed by atoms with van der Waals surface area (Å²) < 4.78 is 13.1. The van der Waals surface area contributed by atoms with Crippen LogP contribution >= 0.6 is 0 Å². The van der Waals surface area contributed by atoms with Gasteiger partial charge in [-0.2, -0.15) is 0 Å². The van der Waals surface area contributed by atoms with Crippen molar-refractivity contribution in [3.05, 3.63) is 41.7 Å². The number of hydrogen-bond acceptors (Lipinski definition) is 5. The lowest BCUT2D eigenvalue weighted by Gasteiger charge is -2.13. The van der Waals surface area contributed by atoms with E-state index in [4.69, 9.17) is 9.15 Å². The molecule has 7 heteroatoms. The lowest BCUT2D eigenvalue weighted by molar-refractivity contribution is 0.0974. The molecule has 7 nitrogen and oxygen atoms in total. The average Bonchev–Trinajstić information content (AvgIpc) is 3.34. The number of ether oxygens (including phenoxy) is 1. The Labute approximate surface area is 145 Å². The molecule has 1 atom stereocenters. The van der Waals surface area contributed by atoms with E-state index in [0.717, 1.165) is 48.3 Å². The Morgan fingerprint density at radius 1 is 1.40 bits per heavy atom. The van der Waals surface area contributed by atoms with Crippen molar-refractivity contribution in [3.8, 4) is 0 Å². The van der Waals surface area contributed by atoms with Gasteiger partial charge in [0.1, 0.15) is 17.8 Å². The molecule has 0 aromatic carbocycles. The Hall–Kier alpha value is -2.67. The van der Waals surface area contributed by atoms with E-state index in [1.165, 1.54) is 12.6 Å². The summed E-state index contributed by atoms with van der Waals surface area (Å²) >= 11 is 0. The fourth-order valence-corrected chi connectivity index (χ4v) is 3.36. The van der Waals surface area contributed by atoms with Gasteiger partial charge in [0.05, 0.1) is 24.3 Å². The molecule has 0 radical (unpaired) electrons. The highest BCUT2D eigenvalue weighted by Crippen LogP contribution is 2.30. The van der Waals surface area contributed by atoms with Gasteiger partial charge >= 0.3 is 0 Å². The highest BCUT2D eigenvalue weighted by molar-refractivity contribution is 6.06. The second kappa shape index (κ2) is 6.33. The normalized spacial score (nSPS) is 17.3. The number of aryl methyl sites for hydroxylation is 1. The van der Waals surface area contributed by atoms with Gasteiger partial charge in [0.25, 0.3) is 5.91 Å². The number of nitrogens with one attached hydrogen (secondary N) is 1. The Balaban J connectivity index is 1.72. The molecule has 1 aliphatic heterocycles. The van der Waals surface area contributed by atoms with Crippen molar-refractivity contribution >= 4 is 22.8 Å². The highest BCUT2D eigenvalue weighted by Gasteiger charge is 2.22. The second-order valence-electron chi connectivity index (χ2n) is 6.31. The number of anilines is 1. The Morgan fingerprint density at radius 3 is 3.00 bits per heavy atom. The van der Waals surface area contributed by atoms with Crippen molar-refractivity contribution in [2.45, 2.75) is 39.3 Å². The zero-order valence-corrected chi connectivity index (χ0v) is 14.3. The van der Waals surface area contributed by atoms with E-state index in [1.54, 1.807) is 12.1 Å². The second-order valence-corrected chi connectivity index (χ2v) is 6.31. The third-order valence-electron chi connectivity index (χ3n) is 4.79.